The second-order valence-electron chi connectivity index (χ2n) is 3.78. The highest BCUT2D eigenvalue weighted by Gasteiger charge is 2.07. The van der Waals surface area contributed by atoms with Crippen LogP contribution < -0.4 is 4.74 Å². The summed E-state index contributed by atoms with van der Waals surface area (Å²) in [6.07, 6.45) is 3.12. The van der Waals surface area contributed by atoms with Crippen molar-refractivity contribution in [1.29, 1.82) is 0 Å². The number of pyridine rings is 1. The van der Waals surface area contributed by atoms with Gasteiger partial charge < -0.3 is 9.84 Å². The minimum atomic E-state index is -1.18. The first kappa shape index (κ1) is 13.5. The third-order valence-corrected chi connectivity index (χ3v) is 2.72. The van der Waals surface area contributed by atoms with E-state index in [1.807, 2.05) is 0 Å². The maximum absolute atomic E-state index is 13.2. The van der Waals surface area contributed by atoms with Gasteiger partial charge in [0.25, 0.3) is 0 Å². The molecule has 1 N–H and O–H groups in total. The number of nitrogens with zero attached hydrogens (tertiary/aromatic N) is 1. The number of carboxylic acids is 1. The molecule has 0 aliphatic rings. The third kappa shape index (κ3) is 3.75. The SMILES string of the molecule is O=C(O)c1cc(F)cc(COc2cncc(Br)c2)c1. The van der Waals surface area contributed by atoms with Gasteiger partial charge in [-0.25, -0.2) is 9.18 Å². The largest absolute Gasteiger partial charge is 0.487 e. The Hall–Kier alpha value is -1.95. The van der Waals surface area contributed by atoms with E-state index in [4.69, 9.17) is 9.84 Å². The summed E-state index contributed by atoms with van der Waals surface area (Å²) in [6.45, 7) is 0.0656. The third-order valence-electron chi connectivity index (χ3n) is 2.29. The molecule has 0 unspecified atom stereocenters. The molecular formula is C13H9BrFNO3. The molecule has 4 nitrogen and oxygen atoms in total. The van der Waals surface area contributed by atoms with Gasteiger partial charge in [-0.05, 0) is 45.8 Å². The Kier molecular flexibility index (Phi) is 4.11. The normalized spacial score (nSPS) is 10.2. The molecule has 6 heteroatoms. The van der Waals surface area contributed by atoms with Crippen LogP contribution in [0.25, 0.3) is 0 Å². The molecule has 0 radical (unpaired) electrons. The predicted molar refractivity (Wildman–Crippen MR) is 69.6 cm³/mol. The van der Waals surface area contributed by atoms with E-state index < -0.39 is 11.8 Å². The molecule has 0 aliphatic heterocycles. The lowest BCUT2D eigenvalue weighted by molar-refractivity contribution is 0.0696. The Morgan fingerprint density at radius 2 is 2.11 bits per heavy atom. The van der Waals surface area contributed by atoms with Gasteiger partial charge in [-0.2, -0.15) is 0 Å². The number of aromatic nitrogens is 1. The van der Waals surface area contributed by atoms with Gasteiger partial charge in [0.2, 0.25) is 0 Å². The molecule has 0 spiro atoms. The molecule has 0 atom stereocenters. The fourth-order valence-electron chi connectivity index (χ4n) is 1.50. The Morgan fingerprint density at radius 3 is 2.79 bits per heavy atom. The fourth-order valence-corrected chi connectivity index (χ4v) is 1.84. The van der Waals surface area contributed by atoms with E-state index in [0.717, 1.165) is 10.5 Å². The van der Waals surface area contributed by atoms with E-state index in [1.165, 1.54) is 18.3 Å². The Balaban J connectivity index is 2.13. The molecule has 1 aromatic heterocycles. The average molecular weight is 326 g/mol. The minimum absolute atomic E-state index is 0.0656. The number of carboxylic acid groups (broad SMARTS) is 1. The van der Waals surface area contributed by atoms with E-state index in [9.17, 15) is 9.18 Å². The maximum Gasteiger partial charge on any atom is 0.335 e. The number of carbonyl (C=O) groups is 1. The van der Waals surface area contributed by atoms with Gasteiger partial charge in [0.15, 0.2) is 0 Å². The van der Waals surface area contributed by atoms with Crippen molar-refractivity contribution in [2.75, 3.05) is 0 Å². The predicted octanol–water partition coefficient (Wildman–Crippen LogP) is 3.26. The zero-order valence-electron chi connectivity index (χ0n) is 9.64. The molecule has 0 aliphatic carbocycles. The van der Waals surface area contributed by atoms with Crippen LogP contribution in [-0.2, 0) is 6.61 Å². The standard InChI is InChI=1S/C13H9BrFNO3/c14-10-4-12(6-16-5-10)19-7-8-1-9(13(17)18)3-11(15)2-8/h1-6H,7H2,(H,17,18). The monoisotopic (exact) mass is 325 g/mol. The summed E-state index contributed by atoms with van der Waals surface area (Å²) in [4.78, 5) is 14.7. The second kappa shape index (κ2) is 5.79. The van der Waals surface area contributed by atoms with Crippen LogP contribution in [0.2, 0.25) is 0 Å². The molecule has 0 saturated heterocycles. The number of hydrogen-bond donors (Lipinski definition) is 1. The summed E-state index contributed by atoms with van der Waals surface area (Å²) < 4.78 is 19.4. The first-order valence-corrected chi connectivity index (χ1v) is 6.10. The van der Waals surface area contributed by atoms with E-state index in [1.54, 1.807) is 12.3 Å². The molecule has 0 saturated carbocycles. The highest BCUT2D eigenvalue weighted by Crippen LogP contribution is 2.18. The van der Waals surface area contributed by atoms with Crippen LogP contribution >= 0.6 is 15.9 Å². The summed E-state index contributed by atoms with van der Waals surface area (Å²) >= 11 is 3.25. The summed E-state index contributed by atoms with van der Waals surface area (Å²) in [5, 5.41) is 8.83. The summed E-state index contributed by atoms with van der Waals surface area (Å²) in [5.74, 6) is -1.27. The zero-order valence-corrected chi connectivity index (χ0v) is 11.2. The number of benzene rings is 1. The van der Waals surface area contributed by atoms with Gasteiger partial charge in [-0.3, -0.25) is 4.98 Å². The van der Waals surface area contributed by atoms with Crippen molar-refractivity contribution in [1.82, 2.24) is 4.98 Å². The lowest BCUT2D eigenvalue weighted by Crippen LogP contribution is -2.02. The molecule has 1 aromatic carbocycles. The molecule has 1 heterocycles. The number of hydrogen-bond acceptors (Lipinski definition) is 3. The summed E-state index contributed by atoms with van der Waals surface area (Å²) in [6, 6.07) is 5.28. The van der Waals surface area contributed by atoms with Crippen molar-refractivity contribution in [3.8, 4) is 5.75 Å². The molecule has 0 fully saturated rings. The summed E-state index contributed by atoms with van der Waals surface area (Å²) in [5.41, 5.74) is 0.336. The quantitative estimate of drug-likeness (QED) is 0.937. The van der Waals surface area contributed by atoms with Crippen LogP contribution in [0, 0.1) is 5.82 Å². The number of rotatable bonds is 4. The van der Waals surface area contributed by atoms with Crippen LogP contribution in [0.3, 0.4) is 0 Å². The van der Waals surface area contributed by atoms with E-state index >= 15 is 0 Å². The van der Waals surface area contributed by atoms with Gasteiger partial charge in [0.1, 0.15) is 18.2 Å². The number of halogens is 2. The van der Waals surface area contributed by atoms with Gasteiger partial charge >= 0.3 is 5.97 Å². The number of ether oxygens (including phenoxy) is 1. The highest BCUT2D eigenvalue weighted by molar-refractivity contribution is 9.10. The maximum atomic E-state index is 13.2. The van der Waals surface area contributed by atoms with Crippen LogP contribution in [0.4, 0.5) is 4.39 Å². The van der Waals surface area contributed by atoms with Crippen molar-refractivity contribution in [3.05, 3.63) is 58.1 Å². The van der Waals surface area contributed by atoms with Crippen molar-refractivity contribution < 1.29 is 19.0 Å². The lowest BCUT2D eigenvalue weighted by Gasteiger charge is -2.07. The smallest absolute Gasteiger partial charge is 0.335 e. The summed E-state index contributed by atoms with van der Waals surface area (Å²) in [7, 11) is 0. The van der Waals surface area contributed by atoms with Crippen LogP contribution in [0.1, 0.15) is 15.9 Å². The molecule has 2 aromatic rings. The van der Waals surface area contributed by atoms with Crippen LogP contribution in [-0.4, -0.2) is 16.1 Å². The van der Waals surface area contributed by atoms with Crippen molar-refractivity contribution >= 4 is 21.9 Å². The highest BCUT2D eigenvalue weighted by atomic mass is 79.9. The molecule has 0 bridgehead atoms. The molecule has 19 heavy (non-hydrogen) atoms. The van der Waals surface area contributed by atoms with Crippen LogP contribution in [0.15, 0.2) is 41.1 Å². The van der Waals surface area contributed by atoms with E-state index in [-0.39, 0.29) is 12.2 Å². The zero-order chi connectivity index (χ0) is 13.8. The minimum Gasteiger partial charge on any atom is -0.487 e. The van der Waals surface area contributed by atoms with Gasteiger partial charge in [0, 0.05) is 10.7 Å². The second-order valence-corrected chi connectivity index (χ2v) is 4.70. The Morgan fingerprint density at radius 1 is 1.32 bits per heavy atom. The Labute approximate surface area is 117 Å². The van der Waals surface area contributed by atoms with Crippen LogP contribution in [0.5, 0.6) is 5.75 Å². The Bertz CT molecular complexity index is 619. The van der Waals surface area contributed by atoms with E-state index in [0.29, 0.717) is 11.3 Å². The topological polar surface area (TPSA) is 59.4 Å². The fraction of sp³-hybridized carbons (Fsp3) is 0.0769. The van der Waals surface area contributed by atoms with Gasteiger partial charge in [-0.1, -0.05) is 0 Å². The molecule has 2 rings (SSSR count). The molecule has 98 valence electrons. The average Bonchev–Trinajstić information content (AvgIpc) is 2.36. The van der Waals surface area contributed by atoms with Crippen molar-refractivity contribution in [3.63, 3.8) is 0 Å². The lowest BCUT2D eigenvalue weighted by atomic mass is 10.1. The molecule has 0 amide bonds. The first-order valence-electron chi connectivity index (χ1n) is 5.31. The van der Waals surface area contributed by atoms with Gasteiger partial charge in [-0.15, -0.1) is 0 Å². The first-order chi connectivity index (χ1) is 9.04. The van der Waals surface area contributed by atoms with Crippen molar-refractivity contribution in [2.24, 2.45) is 0 Å². The molecular weight excluding hydrogens is 317 g/mol. The van der Waals surface area contributed by atoms with Gasteiger partial charge in [0.05, 0.1) is 11.8 Å². The number of aromatic carboxylic acids is 1. The van der Waals surface area contributed by atoms with E-state index in [2.05, 4.69) is 20.9 Å². The van der Waals surface area contributed by atoms with Crippen molar-refractivity contribution in [2.45, 2.75) is 6.61 Å².